The predicted octanol–water partition coefficient (Wildman–Crippen LogP) is 0.416. The van der Waals surface area contributed by atoms with Gasteiger partial charge in [0.25, 0.3) is 6.29 Å². The lowest BCUT2D eigenvalue weighted by molar-refractivity contribution is -0.195. The van der Waals surface area contributed by atoms with Crippen molar-refractivity contribution in [2.45, 2.75) is 58.0 Å². The summed E-state index contributed by atoms with van der Waals surface area (Å²) < 4.78 is 5.04. The molecule has 0 spiro atoms. The molecule has 0 aliphatic heterocycles. The van der Waals surface area contributed by atoms with Gasteiger partial charge in [0, 0.05) is 6.42 Å². The van der Waals surface area contributed by atoms with Crippen LogP contribution < -0.4 is 0 Å². The van der Waals surface area contributed by atoms with Gasteiger partial charge in [-0.15, -0.1) is 0 Å². The summed E-state index contributed by atoms with van der Waals surface area (Å²) in [6, 6.07) is 0. The van der Waals surface area contributed by atoms with E-state index < -0.39 is 24.0 Å². The van der Waals surface area contributed by atoms with Crippen molar-refractivity contribution < 1.29 is 24.9 Å². The van der Waals surface area contributed by atoms with Crippen molar-refractivity contribution in [3.05, 3.63) is 0 Å². The van der Waals surface area contributed by atoms with E-state index in [0.717, 1.165) is 6.42 Å². The summed E-state index contributed by atoms with van der Waals surface area (Å²) in [5.74, 6) is -0.461. The van der Waals surface area contributed by atoms with Gasteiger partial charge in [-0.1, -0.05) is 13.8 Å². The Balaban J connectivity index is 2.60. The van der Waals surface area contributed by atoms with E-state index in [1.165, 1.54) is 0 Å². The van der Waals surface area contributed by atoms with Crippen LogP contribution >= 0.6 is 0 Å². The second kappa shape index (κ2) is 5.33. The summed E-state index contributed by atoms with van der Waals surface area (Å²) in [5.41, 5.74) is -0.800. The first-order chi connectivity index (χ1) is 7.75. The first-order valence-corrected chi connectivity index (χ1v) is 6.02. The van der Waals surface area contributed by atoms with Crippen LogP contribution in [0.1, 0.15) is 40.0 Å². The Morgan fingerprint density at radius 3 is 2.41 bits per heavy atom. The summed E-state index contributed by atoms with van der Waals surface area (Å²) in [5, 5.41) is 27.4. The van der Waals surface area contributed by atoms with Crippen LogP contribution in [0, 0.1) is 11.8 Å². The zero-order valence-corrected chi connectivity index (χ0v) is 10.6. The van der Waals surface area contributed by atoms with E-state index in [4.69, 9.17) is 14.9 Å². The van der Waals surface area contributed by atoms with E-state index in [1.807, 2.05) is 0 Å². The van der Waals surface area contributed by atoms with Crippen LogP contribution in [0.4, 0.5) is 0 Å². The molecule has 1 saturated carbocycles. The van der Waals surface area contributed by atoms with Crippen LogP contribution in [0.15, 0.2) is 0 Å². The second-order valence-electron chi connectivity index (χ2n) is 5.46. The Hall–Kier alpha value is -0.650. The fourth-order valence-electron chi connectivity index (χ4n) is 2.53. The minimum atomic E-state index is -2.10. The maximum Gasteiger partial charge on any atom is 0.363 e. The molecular formula is C12H22O5. The fourth-order valence-corrected chi connectivity index (χ4v) is 2.53. The number of carbonyl (C=O) groups is 1. The molecule has 0 radical (unpaired) electrons. The molecule has 5 heteroatoms. The molecule has 0 bridgehead atoms. The molecule has 0 unspecified atom stereocenters. The van der Waals surface area contributed by atoms with Gasteiger partial charge < -0.3 is 20.1 Å². The third-order valence-electron chi connectivity index (χ3n) is 3.56. The monoisotopic (exact) mass is 246 g/mol. The van der Waals surface area contributed by atoms with E-state index in [9.17, 15) is 9.90 Å². The zero-order valence-electron chi connectivity index (χ0n) is 10.6. The number of aliphatic hydroxyl groups excluding tert-OH is 2. The second-order valence-corrected chi connectivity index (χ2v) is 5.46. The van der Waals surface area contributed by atoms with Crippen molar-refractivity contribution in [2.24, 2.45) is 11.8 Å². The maximum atomic E-state index is 11.1. The molecule has 3 N–H and O–H groups in total. The van der Waals surface area contributed by atoms with Crippen LogP contribution in [-0.2, 0) is 9.53 Å². The fraction of sp³-hybridized carbons (Fsp3) is 0.917. The van der Waals surface area contributed by atoms with Gasteiger partial charge in [0.2, 0.25) is 0 Å². The number of carbonyl (C=O) groups excluding carboxylic acids is 1. The number of rotatable bonds is 3. The third-order valence-corrected chi connectivity index (χ3v) is 3.56. The predicted molar refractivity (Wildman–Crippen MR) is 60.9 cm³/mol. The molecule has 1 fully saturated rings. The van der Waals surface area contributed by atoms with Crippen LogP contribution in [0.5, 0.6) is 0 Å². The highest BCUT2D eigenvalue weighted by atomic mass is 16.6. The van der Waals surface area contributed by atoms with Gasteiger partial charge in [-0.05, 0) is 31.6 Å². The normalized spacial score (nSPS) is 34.1. The molecule has 1 aliphatic rings. The first-order valence-electron chi connectivity index (χ1n) is 6.02. The molecule has 0 aromatic carbocycles. The number of hydrogen-bond donors (Lipinski definition) is 3. The Kier molecular flexibility index (Phi) is 4.52. The summed E-state index contributed by atoms with van der Waals surface area (Å²) >= 11 is 0. The van der Waals surface area contributed by atoms with Crippen molar-refractivity contribution in [1.82, 2.24) is 0 Å². The lowest BCUT2D eigenvalue weighted by Crippen LogP contribution is -2.46. The Morgan fingerprint density at radius 2 is 2.00 bits per heavy atom. The molecule has 5 nitrogen and oxygen atoms in total. The Morgan fingerprint density at radius 1 is 1.41 bits per heavy atom. The summed E-state index contributed by atoms with van der Waals surface area (Å²) in [7, 11) is 0. The van der Waals surface area contributed by atoms with Crippen LogP contribution in [0.2, 0.25) is 0 Å². The molecule has 1 aliphatic carbocycles. The highest BCUT2D eigenvalue weighted by Crippen LogP contribution is 2.38. The lowest BCUT2D eigenvalue weighted by Gasteiger charge is -2.41. The topological polar surface area (TPSA) is 87.0 Å². The quantitative estimate of drug-likeness (QED) is 0.496. The molecule has 1 rings (SSSR count). The highest BCUT2D eigenvalue weighted by Gasteiger charge is 2.41. The van der Waals surface area contributed by atoms with Gasteiger partial charge >= 0.3 is 5.97 Å². The minimum Gasteiger partial charge on any atom is -0.456 e. The molecule has 3 atom stereocenters. The van der Waals surface area contributed by atoms with Crippen molar-refractivity contribution >= 4 is 5.97 Å². The lowest BCUT2D eigenvalue weighted by atomic mass is 9.73. The van der Waals surface area contributed by atoms with Crippen molar-refractivity contribution in [3.63, 3.8) is 0 Å². The number of ether oxygens (including phenoxy) is 1. The minimum absolute atomic E-state index is 0.209. The van der Waals surface area contributed by atoms with E-state index >= 15 is 0 Å². The largest absolute Gasteiger partial charge is 0.456 e. The molecule has 0 amide bonds. The molecular weight excluding hydrogens is 224 g/mol. The molecule has 0 saturated heterocycles. The number of aliphatic hydroxyl groups is 3. The van der Waals surface area contributed by atoms with E-state index in [1.54, 1.807) is 6.92 Å². The summed E-state index contributed by atoms with van der Waals surface area (Å²) in [6.45, 7) is 5.83. The molecule has 100 valence electrons. The van der Waals surface area contributed by atoms with E-state index in [-0.39, 0.29) is 5.92 Å². The first kappa shape index (κ1) is 14.4. The Labute approximate surface area is 101 Å². The van der Waals surface area contributed by atoms with E-state index in [2.05, 4.69) is 13.8 Å². The van der Waals surface area contributed by atoms with Crippen LogP contribution in [0.3, 0.4) is 0 Å². The number of hydrogen-bond acceptors (Lipinski definition) is 5. The average Bonchev–Trinajstić information content (AvgIpc) is 2.15. The molecule has 0 heterocycles. The molecule has 17 heavy (non-hydrogen) atoms. The van der Waals surface area contributed by atoms with Gasteiger partial charge in [-0.2, -0.15) is 0 Å². The number of esters is 1. The van der Waals surface area contributed by atoms with Gasteiger partial charge in [0.1, 0.15) is 5.60 Å². The zero-order chi connectivity index (χ0) is 13.2. The molecule has 0 aromatic rings. The van der Waals surface area contributed by atoms with Crippen molar-refractivity contribution in [1.29, 1.82) is 0 Å². The van der Waals surface area contributed by atoms with Crippen molar-refractivity contribution in [3.8, 4) is 0 Å². The van der Waals surface area contributed by atoms with Crippen LogP contribution in [0.25, 0.3) is 0 Å². The van der Waals surface area contributed by atoms with E-state index in [0.29, 0.717) is 18.8 Å². The van der Waals surface area contributed by atoms with Crippen molar-refractivity contribution in [2.75, 3.05) is 0 Å². The van der Waals surface area contributed by atoms with Gasteiger partial charge in [0.15, 0.2) is 0 Å². The third kappa shape index (κ3) is 3.66. The summed E-state index contributed by atoms with van der Waals surface area (Å²) in [6.07, 6.45) is -0.881. The molecule has 0 aromatic heterocycles. The van der Waals surface area contributed by atoms with Gasteiger partial charge in [-0.3, -0.25) is 0 Å². The van der Waals surface area contributed by atoms with Gasteiger partial charge in [0.05, 0.1) is 6.10 Å². The maximum absolute atomic E-state index is 11.1. The smallest absolute Gasteiger partial charge is 0.363 e. The summed E-state index contributed by atoms with van der Waals surface area (Å²) in [4.78, 5) is 11.1. The van der Waals surface area contributed by atoms with Crippen LogP contribution in [-0.4, -0.2) is 39.3 Å². The Bertz CT molecular complexity index is 276. The van der Waals surface area contributed by atoms with Gasteiger partial charge in [-0.25, -0.2) is 4.79 Å². The highest BCUT2D eigenvalue weighted by molar-refractivity contribution is 5.73. The SMILES string of the molecule is CC(C)[C@H]1CC[C@@](C)(OC(=O)C(O)O)C[C@@H]1O. The average molecular weight is 246 g/mol. The standard InChI is InChI=1S/C12H22O5/c1-7(2)8-4-5-12(3,6-9(8)13)17-11(16)10(14)15/h7-10,13-15H,4-6H2,1-3H3/t8-,9+,12-/m1/s1.